The Morgan fingerprint density at radius 1 is 1.79 bits per heavy atom. The van der Waals surface area contributed by atoms with E-state index in [1.807, 2.05) is 19.1 Å². The number of hydrogen-bond donors (Lipinski definition) is 1. The summed E-state index contributed by atoms with van der Waals surface area (Å²) in [5.41, 5.74) is 0. The summed E-state index contributed by atoms with van der Waals surface area (Å²) in [5, 5.41) is 10.7. The predicted octanol–water partition coefficient (Wildman–Crippen LogP) is 1.32. The van der Waals surface area contributed by atoms with E-state index in [0.29, 0.717) is 5.75 Å². The number of nitriles is 1. The Bertz CT molecular complexity index is 354. The zero-order valence-electron chi connectivity index (χ0n) is 7.74. The maximum absolute atomic E-state index is 11.1. The number of nitrogens with zero attached hydrogens (tertiary/aromatic N) is 1. The molecule has 0 unspecified atom stereocenters. The lowest BCUT2D eigenvalue weighted by Crippen LogP contribution is -2.25. The highest BCUT2D eigenvalue weighted by molar-refractivity contribution is 8.00. The van der Waals surface area contributed by atoms with E-state index < -0.39 is 0 Å². The van der Waals surface area contributed by atoms with Crippen LogP contribution in [0.4, 0.5) is 0 Å². The van der Waals surface area contributed by atoms with E-state index in [9.17, 15) is 4.79 Å². The maximum Gasteiger partial charge on any atom is 0.231 e. The number of carbonyl (C=O) groups excluding carboxylic acids is 1. The molecule has 4 nitrogen and oxygen atoms in total. The number of nitrogens with one attached hydrogen (secondary N) is 1. The topological polar surface area (TPSA) is 66.0 Å². The quantitative estimate of drug-likeness (QED) is 0.601. The van der Waals surface area contributed by atoms with Crippen molar-refractivity contribution in [2.24, 2.45) is 0 Å². The summed E-state index contributed by atoms with van der Waals surface area (Å²) >= 11 is 1.40. The third kappa shape index (κ3) is 3.15. The van der Waals surface area contributed by atoms with Crippen LogP contribution in [0.5, 0.6) is 0 Å². The van der Waals surface area contributed by atoms with Crippen molar-refractivity contribution in [1.82, 2.24) is 5.32 Å². The predicted molar refractivity (Wildman–Crippen MR) is 52.8 cm³/mol. The van der Waals surface area contributed by atoms with Gasteiger partial charge < -0.3 is 9.73 Å². The van der Waals surface area contributed by atoms with Gasteiger partial charge in [-0.1, -0.05) is 0 Å². The van der Waals surface area contributed by atoms with Crippen LogP contribution in [0.1, 0.15) is 5.76 Å². The Labute approximate surface area is 86.3 Å². The molecule has 0 fully saturated rings. The van der Waals surface area contributed by atoms with E-state index >= 15 is 0 Å². The van der Waals surface area contributed by atoms with Crippen molar-refractivity contribution in [2.75, 3.05) is 12.3 Å². The van der Waals surface area contributed by atoms with Gasteiger partial charge in [0.1, 0.15) is 12.3 Å². The SMILES string of the molecule is Cc1occc1SCC(=O)NCC#N. The fourth-order valence-corrected chi connectivity index (χ4v) is 1.65. The second-order valence-electron chi connectivity index (χ2n) is 2.56. The molecule has 1 rings (SSSR count). The molecule has 0 aliphatic heterocycles. The van der Waals surface area contributed by atoms with Crippen molar-refractivity contribution in [2.45, 2.75) is 11.8 Å². The fraction of sp³-hybridized carbons (Fsp3) is 0.333. The average molecular weight is 210 g/mol. The first-order chi connectivity index (χ1) is 6.74. The number of aryl methyl sites for hydroxylation is 1. The molecule has 0 atom stereocenters. The van der Waals surface area contributed by atoms with Crippen molar-refractivity contribution in [3.8, 4) is 6.07 Å². The van der Waals surface area contributed by atoms with Gasteiger partial charge in [0.2, 0.25) is 5.91 Å². The normalized spacial score (nSPS) is 9.43. The van der Waals surface area contributed by atoms with Gasteiger partial charge in [-0.25, -0.2) is 0 Å². The largest absolute Gasteiger partial charge is 0.468 e. The Morgan fingerprint density at radius 3 is 3.14 bits per heavy atom. The van der Waals surface area contributed by atoms with Gasteiger partial charge >= 0.3 is 0 Å². The fourth-order valence-electron chi connectivity index (χ4n) is 0.855. The summed E-state index contributed by atoms with van der Waals surface area (Å²) in [5.74, 6) is 0.974. The first-order valence-corrected chi connectivity index (χ1v) is 5.03. The van der Waals surface area contributed by atoms with Crippen LogP contribution in [0, 0.1) is 18.3 Å². The third-order valence-corrected chi connectivity index (χ3v) is 2.68. The summed E-state index contributed by atoms with van der Waals surface area (Å²) in [7, 11) is 0. The van der Waals surface area contributed by atoms with Gasteiger partial charge in [0.15, 0.2) is 0 Å². The van der Waals surface area contributed by atoms with Gasteiger partial charge in [-0.15, -0.1) is 11.8 Å². The third-order valence-electron chi connectivity index (χ3n) is 1.53. The zero-order valence-corrected chi connectivity index (χ0v) is 8.56. The second kappa shape index (κ2) is 5.35. The van der Waals surface area contributed by atoms with Crippen molar-refractivity contribution >= 4 is 17.7 Å². The molecule has 0 aliphatic rings. The zero-order chi connectivity index (χ0) is 10.4. The molecule has 0 aromatic carbocycles. The van der Waals surface area contributed by atoms with Crippen LogP contribution in [-0.2, 0) is 4.79 Å². The van der Waals surface area contributed by atoms with Crippen molar-refractivity contribution in [3.05, 3.63) is 18.1 Å². The Morgan fingerprint density at radius 2 is 2.57 bits per heavy atom. The minimum Gasteiger partial charge on any atom is -0.468 e. The van der Waals surface area contributed by atoms with Crippen LogP contribution in [0.3, 0.4) is 0 Å². The molecule has 1 aromatic heterocycles. The maximum atomic E-state index is 11.1. The highest BCUT2D eigenvalue weighted by atomic mass is 32.2. The number of thioether (sulfide) groups is 1. The molecule has 0 saturated carbocycles. The van der Waals surface area contributed by atoms with Gasteiger partial charge in [0.05, 0.1) is 18.1 Å². The van der Waals surface area contributed by atoms with Crippen molar-refractivity contribution in [3.63, 3.8) is 0 Å². The van der Waals surface area contributed by atoms with Crippen LogP contribution in [-0.4, -0.2) is 18.2 Å². The lowest BCUT2D eigenvalue weighted by molar-refractivity contribution is -0.118. The van der Waals surface area contributed by atoms with E-state index in [0.717, 1.165) is 10.7 Å². The van der Waals surface area contributed by atoms with Gasteiger partial charge in [-0.3, -0.25) is 4.79 Å². The van der Waals surface area contributed by atoms with Crippen molar-refractivity contribution in [1.29, 1.82) is 5.26 Å². The summed E-state index contributed by atoms with van der Waals surface area (Å²) in [6.07, 6.45) is 1.59. The molecule has 1 N–H and O–H groups in total. The number of amides is 1. The summed E-state index contributed by atoms with van der Waals surface area (Å²) in [6, 6.07) is 3.66. The Kier molecular flexibility index (Phi) is 4.08. The van der Waals surface area contributed by atoms with Crippen LogP contribution < -0.4 is 5.32 Å². The van der Waals surface area contributed by atoms with Gasteiger partial charge in [0.25, 0.3) is 0 Å². The minimum atomic E-state index is -0.142. The highest BCUT2D eigenvalue weighted by Gasteiger charge is 2.05. The summed E-state index contributed by atoms with van der Waals surface area (Å²) in [6.45, 7) is 1.90. The van der Waals surface area contributed by atoms with Gasteiger partial charge in [-0.05, 0) is 13.0 Å². The Hall–Kier alpha value is -1.41. The van der Waals surface area contributed by atoms with E-state index in [1.54, 1.807) is 6.26 Å². The molecule has 1 amide bonds. The van der Waals surface area contributed by atoms with Crippen LogP contribution >= 0.6 is 11.8 Å². The molecule has 0 bridgehead atoms. The Balaban J connectivity index is 2.31. The first-order valence-electron chi connectivity index (χ1n) is 4.04. The monoisotopic (exact) mass is 210 g/mol. The molecule has 1 aromatic rings. The van der Waals surface area contributed by atoms with Crippen LogP contribution in [0.2, 0.25) is 0 Å². The minimum absolute atomic E-state index is 0.0593. The molecular formula is C9H10N2O2S. The molecule has 74 valence electrons. The lowest BCUT2D eigenvalue weighted by Gasteiger charge is -1.99. The smallest absolute Gasteiger partial charge is 0.231 e. The van der Waals surface area contributed by atoms with Crippen molar-refractivity contribution < 1.29 is 9.21 Å². The first kappa shape index (κ1) is 10.7. The average Bonchev–Trinajstić information content (AvgIpc) is 2.58. The lowest BCUT2D eigenvalue weighted by atomic mass is 10.5. The molecule has 0 saturated heterocycles. The number of carbonyl (C=O) groups is 1. The number of furan rings is 1. The molecule has 5 heteroatoms. The highest BCUT2D eigenvalue weighted by Crippen LogP contribution is 2.22. The summed E-state index contributed by atoms with van der Waals surface area (Å²) in [4.78, 5) is 12.1. The van der Waals surface area contributed by atoms with E-state index in [1.165, 1.54) is 11.8 Å². The van der Waals surface area contributed by atoms with Crippen LogP contribution in [0.15, 0.2) is 21.6 Å². The molecule has 1 heterocycles. The molecule has 0 spiro atoms. The van der Waals surface area contributed by atoms with Gasteiger partial charge in [0, 0.05) is 4.90 Å². The summed E-state index contributed by atoms with van der Waals surface area (Å²) < 4.78 is 5.07. The molecular weight excluding hydrogens is 200 g/mol. The molecule has 0 radical (unpaired) electrons. The number of hydrogen-bond acceptors (Lipinski definition) is 4. The standard InChI is InChI=1S/C9H10N2O2S/c1-7-8(2-5-13-7)14-6-9(12)11-4-3-10/h2,5H,4,6H2,1H3,(H,11,12). The van der Waals surface area contributed by atoms with E-state index in [-0.39, 0.29) is 12.5 Å². The second-order valence-corrected chi connectivity index (χ2v) is 3.58. The van der Waals surface area contributed by atoms with E-state index in [2.05, 4.69) is 5.32 Å². The molecule has 14 heavy (non-hydrogen) atoms. The van der Waals surface area contributed by atoms with Gasteiger partial charge in [-0.2, -0.15) is 5.26 Å². The van der Waals surface area contributed by atoms with E-state index in [4.69, 9.17) is 9.68 Å². The van der Waals surface area contributed by atoms with Crippen LogP contribution in [0.25, 0.3) is 0 Å². The molecule has 0 aliphatic carbocycles. The number of rotatable bonds is 4.